The van der Waals surface area contributed by atoms with Gasteiger partial charge in [0, 0.05) is 36.7 Å². The number of halogens is 1. The number of benzene rings is 1. The molecule has 2 saturated heterocycles. The van der Waals surface area contributed by atoms with Crippen LogP contribution in [0.15, 0.2) is 22.7 Å². The molecule has 3 rings (SSSR count). The van der Waals surface area contributed by atoms with Gasteiger partial charge in [0.05, 0.1) is 5.69 Å². The lowest BCUT2D eigenvalue weighted by atomic mass is 9.97. The molecule has 0 bridgehead atoms. The number of hydrogen-bond acceptors (Lipinski definition) is 3. The van der Waals surface area contributed by atoms with Crippen molar-refractivity contribution in [1.82, 2.24) is 10.2 Å². The van der Waals surface area contributed by atoms with Crippen LogP contribution in [0.5, 0.6) is 0 Å². The monoisotopic (exact) mass is 351 g/mol. The SMILES string of the molecule is CN1CCN(c2ccc(CC3CCCCN3)cc2Br)CC1. The van der Waals surface area contributed by atoms with Gasteiger partial charge in [-0.2, -0.15) is 0 Å². The summed E-state index contributed by atoms with van der Waals surface area (Å²) in [5.74, 6) is 0. The molecule has 3 nitrogen and oxygen atoms in total. The lowest BCUT2D eigenvalue weighted by Gasteiger charge is -2.34. The van der Waals surface area contributed by atoms with Crippen molar-refractivity contribution in [2.45, 2.75) is 31.7 Å². The summed E-state index contributed by atoms with van der Waals surface area (Å²) in [4.78, 5) is 4.89. The summed E-state index contributed by atoms with van der Waals surface area (Å²) in [5.41, 5.74) is 2.79. The fourth-order valence-corrected chi connectivity index (χ4v) is 4.04. The first-order valence-electron chi connectivity index (χ1n) is 8.18. The minimum absolute atomic E-state index is 0.667. The Labute approximate surface area is 136 Å². The Bertz CT molecular complexity index is 463. The highest BCUT2D eigenvalue weighted by Crippen LogP contribution is 2.29. The second kappa shape index (κ2) is 7.12. The maximum atomic E-state index is 3.79. The maximum absolute atomic E-state index is 3.79. The van der Waals surface area contributed by atoms with Gasteiger partial charge in [0.1, 0.15) is 0 Å². The molecule has 2 aliphatic rings. The number of piperidine rings is 1. The number of likely N-dealkylation sites (N-methyl/N-ethyl adjacent to an activating group) is 1. The Morgan fingerprint density at radius 1 is 1.19 bits per heavy atom. The predicted molar refractivity (Wildman–Crippen MR) is 93.2 cm³/mol. The molecule has 2 aliphatic heterocycles. The van der Waals surface area contributed by atoms with Gasteiger partial charge in [-0.05, 0) is 66.5 Å². The van der Waals surface area contributed by atoms with Gasteiger partial charge < -0.3 is 15.1 Å². The average Bonchev–Trinajstić information content (AvgIpc) is 2.50. The van der Waals surface area contributed by atoms with E-state index in [4.69, 9.17) is 0 Å². The third kappa shape index (κ3) is 3.99. The van der Waals surface area contributed by atoms with Crippen LogP contribution in [0.4, 0.5) is 5.69 Å². The molecule has 0 radical (unpaired) electrons. The van der Waals surface area contributed by atoms with Gasteiger partial charge in [-0.3, -0.25) is 0 Å². The number of rotatable bonds is 3. The van der Waals surface area contributed by atoms with Gasteiger partial charge in [-0.1, -0.05) is 12.5 Å². The van der Waals surface area contributed by atoms with Gasteiger partial charge in [0.15, 0.2) is 0 Å². The van der Waals surface area contributed by atoms with E-state index in [0.717, 1.165) is 32.6 Å². The normalized spacial score (nSPS) is 24.3. The van der Waals surface area contributed by atoms with Gasteiger partial charge in [-0.25, -0.2) is 0 Å². The summed E-state index contributed by atoms with van der Waals surface area (Å²) in [7, 11) is 2.20. The van der Waals surface area contributed by atoms with Gasteiger partial charge >= 0.3 is 0 Å². The van der Waals surface area contributed by atoms with E-state index in [1.54, 1.807) is 0 Å². The van der Waals surface area contributed by atoms with E-state index in [-0.39, 0.29) is 0 Å². The van der Waals surface area contributed by atoms with E-state index in [9.17, 15) is 0 Å². The van der Waals surface area contributed by atoms with Gasteiger partial charge in [-0.15, -0.1) is 0 Å². The molecule has 4 heteroatoms. The summed E-state index contributed by atoms with van der Waals surface area (Å²) in [6.07, 6.45) is 5.18. The molecule has 116 valence electrons. The van der Waals surface area contributed by atoms with Crippen molar-refractivity contribution in [3.63, 3.8) is 0 Å². The van der Waals surface area contributed by atoms with Crippen LogP contribution in [0.3, 0.4) is 0 Å². The number of nitrogens with one attached hydrogen (secondary N) is 1. The molecule has 1 N–H and O–H groups in total. The zero-order valence-corrected chi connectivity index (χ0v) is 14.5. The first kappa shape index (κ1) is 15.3. The topological polar surface area (TPSA) is 18.5 Å². The molecule has 0 aromatic heterocycles. The third-order valence-corrected chi connectivity index (χ3v) is 5.39. The first-order valence-corrected chi connectivity index (χ1v) is 8.97. The molecular weight excluding hydrogens is 326 g/mol. The highest BCUT2D eigenvalue weighted by molar-refractivity contribution is 9.10. The Hall–Kier alpha value is -0.580. The molecule has 21 heavy (non-hydrogen) atoms. The number of piperazine rings is 1. The summed E-state index contributed by atoms with van der Waals surface area (Å²) in [6, 6.07) is 7.60. The van der Waals surface area contributed by atoms with Gasteiger partial charge in [0.2, 0.25) is 0 Å². The maximum Gasteiger partial charge on any atom is 0.0511 e. The van der Waals surface area contributed by atoms with Crippen molar-refractivity contribution in [2.75, 3.05) is 44.7 Å². The number of hydrogen-bond donors (Lipinski definition) is 1. The zero-order chi connectivity index (χ0) is 14.7. The van der Waals surface area contributed by atoms with Crippen LogP contribution in [-0.4, -0.2) is 50.7 Å². The molecule has 1 aromatic rings. The van der Waals surface area contributed by atoms with Crippen LogP contribution in [0, 0.1) is 0 Å². The van der Waals surface area contributed by atoms with E-state index in [0.29, 0.717) is 6.04 Å². The van der Waals surface area contributed by atoms with Crippen LogP contribution >= 0.6 is 15.9 Å². The van der Waals surface area contributed by atoms with E-state index >= 15 is 0 Å². The Kier molecular flexibility index (Phi) is 5.19. The van der Waals surface area contributed by atoms with Crippen LogP contribution in [0.1, 0.15) is 24.8 Å². The molecule has 1 unspecified atom stereocenters. The average molecular weight is 352 g/mol. The van der Waals surface area contributed by atoms with E-state index in [1.165, 1.54) is 41.5 Å². The molecule has 0 aliphatic carbocycles. The Morgan fingerprint density at radius 3 is 2.67 bits per heavy atom. The molecule has 0 amide bonds. The molecule has 2 fully saturated rings. The summed E-state index contributed by atoms with van der Waals surface area (Å²) in [6.45, 7) is 5.74. The summed E-state index contributed by atoms with van der Waals surface area (Å²) in [5, 5.41) is 3.64. The zero-order valence-electron chi connectivity index (χ0n) is 12.9. The van der Waals surface area contributed by atoms with Crippen molar-refractivity contribution in [3.8, 4) is 0 Å². The molecule has 2 heterocycles. The third-order valence-electron chi connectivity index (χ3n) is 4.75. The Balaban J connectivity index is 1.64. The Morgan fingerprint density at radius 2 is 2.00 bits per heavy atom. The molecule has 0 saturated carbocycles. The number of nitrogens with zero attached hydrogens (tertiary/aromatic N) is 2. The quantitative estimate of drug-likeness (QED) is 0.903. The lowest BCUT2D eigenvalue weighted by Crippen LogP contribution is -2.44. The summed E-state index contributed by atoms with van der Waals surface area (Å²) < 4.78 is 1.25. The number of anilines is 1. The largest absolute Gasteiger partial charge is 0.368 e. The van der Waals surface area contributed by atoms with E-state index in [2.05, 4.69) is 56.3 Å². The minimum Gasteiger partial charge on any atom is -0.368 e. The molecule has 1 aromatic carbocycles. The van der Waals surface area contributed by atoms with Gasteiger partial charge in [0.25, 0.3) is 0 Å². The van der Waals surface area contributed by atoms with E-state index in [1.807, 2.05) is 0 Å². The minimum atomic E-state index is 0.667. The predicted octanol–water partition coefficient (Wildman–Crippen LogP) is 2.89. The molecular formula is C17H26BrN3. The smallest absolute Gasteiger partial charge is 0.0511 e. The first-order chi connectivity index (χ1) is 10.2. The second-order valence-electron chi connectivity index (χ2n) is 6.43. The van der Waals surface area contributed by atoms with Crippen LogP contribution in [0.2, 0.25) is 0 Å². The van der Waals surface area contributed by atoms with Crippen LogP contribution in [-0.2, 0) is 6.42 Å². The lowest BCUT2D eigenvalue weighted by molar-refractivity contribution is 0.312. The highest BCUT2D eigenvalue weighted by Gasteiger charge is 2.18. The van der Waals surface area contributed by atoms with Crippen LogP contribution in [0.25, 0.3) is 0 Å². The van der Waals surface area contributed by atoms with Crippen molar-refractivity contribution in [1.29, 1.82) is 0 Å². The van der Waals surface area contributed by atoms with Crippen molar-refractivity contribution in [2.24, 2.45) is 0 Å². The van der Waals surface area contributed by atoms with E-state index < -0.39 is 0 Å². The molecule has 0 spiro atoms. The van der Waals surface area contributed by atoms with Crippen molar-refractivity contribution < 1.29 is 0 Å². The molecule has 1 atom stereocenters. The second-order valence-corrected chi connectivity index (χ2v) is 7.28. The van der Waals surface area contributed by atoms with Crippen molar-refractivity contribution >= 4 is 21.6 Å². The highest BCUT2D eigenvalue weighted by atomic mass is 79.9. The fraction of sp³-hybridized carbons (Fsp3) is 0.647. The van der Waals surface area contributed by atoms with Crippen molar-refractivity contribution in [3.05, 3.63) is 28.2 Å². The summed E-state index contributed by atoms with van der Waals surface area (Å²) >= 11 is 3.79. The standard InChI is InChI=1S/C17H26BrN3/c1-20-8-10-21(11-9-20)17-6-5-14(13-16(17)18)12-15-4-2-3-7-19-15/h5-6,13,15,19H,2-4,7-12H2,1H3. The van der Waals surface area contributed by atoms with Crippen LogP contribution < -0.4 is 10.2 Å². The fourth-order valence-electron chi connectivity index (χ4n) is 3.36.